The standard InChI is InChI=1S/C42H85O9P/c1-3-5-7-9-11-13-14-15-16-17-18-19-20-21-22-23-24-25-26-27-28-30-32-34-42(45)51-41(39-50-52(46,47)49-37-40(44)36-43)38-48-35-33-31-29-12-10-8-6-4-2/h40-41,43-44H,3-39H2,1-2H3,(H,46,47). The number of phosphoric acid groups is 1. The Balaban J connectivity index is 3.93. The fraction of sp³-hybridized carbons (Fsp3) is 0.976. The molecule has 0 fully saturated rings. The highest BCUT2D eigenvalue weighted by molar-refractivity contribution is 7.47. The lowest BCUT2D eigenvalue weighted by atomic mass is 10.0. The topological polar surface area (TPSA) is 132 Å². The van der Waals surface area contributed by atoms with Gasteiger partial charge in [-0.15, -0.1) is 0 Å². The number of rotatable bonds is 43. The molecule has 0 spiro atoms. The molecule has 0 rings (SSSR count). The number of carbonyl (C=O) groups excluding carboxylic acids is 1. The Kier molecular flexibility index (Phi) is 39.7. The van der Waals surface area contributed by atoms with E-state index in [0.29, 0.717) is 6.61 Å². The van der Waals surface area contributed by atoms with Gasteiger partial charge in [0.25, 0.3) is 0 Å². The fourth-order valence-electron chi connectivity index (χ4n) is 6.42. The highest BCUT2D eigenvalue weighted by atomic mass is 31.2. The SMILES string of the molecule is CCCCCCCCCCCCCCCCCCCCCCCCCC(=O)OC(COCCCCCCCCCC)COP(=O)(O)OCC(O)CO. The highest BCUT2D eigenvalue weighted by Crippen LogP contribution is 2.43. The van der Waals surface area contributed by atoms with Gasteiger partial charge in [0, 0.05) is 13.0 Å². The predicted molar refractivity (Wildman–Crippen MR) is 215 cm³/mol. The molecule has 0 aliphatic rings. The molecule has 3 unspecified atom stereocenters. The number of phosphoric ester groups is 1. The lowest BCUT2D eigenvalue weighted by molar-refractivity contribution is -0.154. The Bertz CT molecular complexity index is 785. The maximum absolute atomic E-state index is 12.6. The monoisotopic (exact) mass is 765 g/mol. The van der Waals surface area contributed by atoms with E-state index < -0.39 is 33.2 Å². The maximum Gasteiger partial charge on any atom is 0.472 e. The Morgan fingerprint density at radius 2 is 0.865 bits per heavy atom. The van der Waals surface area contributed by atoms with Crippen molar-refractivity contribution in [2.75, 3.05) is 33.0 Å². The van der Waals surface area contributed by atoms with E-state index in [0.717, 1.165) is 32.1 Å². The molecule has 0 bridgehead atoms. The van der Waals surface area contributed by atoms with Gasteiger partial charge in [-0.3, -0.25) is 13.8 Å². The molecule has 0 heterocycles. The third kappa shape index (κ3) is 39.2. The number of hydrogen-bond donors (Lipinski definition) is 3. The van der Waals surface area contributed by atoms with Crippen molar-refractivity contribution in [3.8, 4) is 0 Å². The zero-order valence-electron chi connectivity index (χ0n) is 34.1. The largest absolute Gasteiger partial charge is 0.472 e. The number of ether oxygens (including phenoxy) is 2. The summed E-state index contributed by atoms with van der Waals surface area (Å²) in [7, 11) is -4.50. The van der Waals surface area contributed by atoms with Gasteiger partial charge in [0.15, 0.2) is 0 Å². The van der Waals surface area contributed by atoms with Gasteiger partial charge in [-0.05, 0) is 12.8 Å². The van der Waals surface area contributed by atoms with E-state index in [4.69, 9.17) is 23.6 Å². The molecule has 312 valence electrons. The van der Waals surface area contributed by atoms with Gasteiger partial charge in [0.1, 0.15) is 12.2 Å². The Hall–Kier alpha value is -0.540. The minimum absolute atomic E-state index is 0.0565. The first-order valence-corrected chi connectivity index (χ1v) is 23.5. The third-order valence-corrected chi connectivity index (χ3v) is 10.7. The van der Waals surface area contributed by atoms with Gasteiger partial charge in [0.2, 0.25) is 0 Å². The molecule has 52 heavy (non-hydrogen) atoms. The number of hydrogen-bond acceptors (Lipinski definition) is 8. The van der Waals surface area contributed by atoms with Crippen molar-refractivity contribution in [2.24, 2.45) is 0 Å². The molecule has 9 nitrogen and oxygen atoms in total. The highest BCUT2D eigenvalue weighted by Gasteiger charge is 2.26. The summed E-state index contributed by atoms with van der Waals surface area (Å²) in [5, 5.41) is 18.3. The quantitative estimate of drug-likeness (QED) is 0.0315. The lowest BCUT2D eigenvalue weighted by Gasteiger charge is -2.20. The second-order valence-electron chi connectivity index (χ2n) is 15.1. The van der Waals surface area contributed by atoms with E-state index in [2.05, 4.69) is 13.8 Å². The summed E-state index contributed by atoms with van der Waals surface area (Å²) in [5.41, 5.74) is 0. The van der Waals surface area contributed by atoms with E-state index in [-0.39, 0.29) is 25.6 Å². The van der Waals surface area contributed by atoms with E-state index in [1.165, 1.54) is 167 Å². The van der Waals surface area contributed by atoms with Crippen LogP contribution in [0.2, 0.25) is 0 Å². The predicted octanol–water partition coefficient (Wildman–Crippen LogP) is 11.9. The van der Waals surface area contributed by atoms with Crippen LogP contribution in [0.5, 0.6) is 0 Å². The molecule has 0 aromatic heterocycles. The zero-order valence-corrected chi connectivity index (χ0v) is 35.0. The lowest BCUT2D eigenvalue weighted by Crippen LogP contribution is -2.29. The first-order valence-electron chi connectivity index (χ1n) is 22.0. The van der Waals surface area contributed by atoms with Gasteiger partial charge in [-0.2, -0.15) is 0 Å². The average Bonchev–Trinajstić information content (AvgIpc) is 3.13. The van der Waals surface area contributed by atoms with E-state index in [1.54, 1.807) is 0 Å². The number of unbranched alkanes of at least 4 members (excludes halogenated alkanes) is 29. The van der Waals surface area contributed by atoms with Crippen molar-refractivity contribution in [1.29, 1.82) is 0 Å². The molecule has 0 aliphatic heterocycles. The number of aliphatic hydroxyl groups excluding tert-OH is 2. The maximum atomic E-state index is 12.6. The molecule has 3 N–H and O–H groups in total. The normalized spacial score (nSPS) is 14.0. The Morgan fingerprint density at radius 1 is 0.519 bits per heavy atom. The number of esters is 1. The second kappa shape index (κ2) is 40.1. The first-order chi connectivity index (χ1) is 25.3. The molecular formula is C42H85O9P. The van der Waals surface area contributed by atoms with Crippen molar-refractivity contribution in [2.45, 2.75) is 232 Å². The number of carbonyl (C=O) groups is 1. The van der Waals surface area contributed by atoms with Crippen molar-refractivity contribution < 1.29 is 43.0 Å². The Labute approximate surface area is 320 Å². The van der Waals surface area contributed by atoms with Crippen LogP contribution in [0.3, 0.4) is 0 Å². The minimum atomic E-state index is -4.50. The molecule has 0 aliphatic carbocycles. The summed E-state index contributed by atoms with van der Waals surface area (Å²) in [6.45, 7) is 3.54. The van der Waals surface area contributed by atoms with Crippen molar-refractivity contribution >= 4 is 13.8 Å². The summed E-state index contributed by atoms with van der Waals surface area (Å²) in [6.07, 6.45) is 38.0. The van der Waals surface area contributed by atoms with Gasteiger partial charge in [-0.25, -0.2) is 4.57 Å². The van der Waals surface area contributed by atoms with Gasteiger partial charge >= 0.3 is 13.8 Å². The smallest absolute Gasteiger partial charge is 0.457 e. The molecule has 0 aromatic carbocycles. The molecule has 10 heteroatoms. The summed E-state index contributed by atoms with van der Waals surface area (Å²) in [5.74, 6) is -0.378. The van der Waals surface area contributed by atoms with Crippen molar-refractivity contribution in [3.05, 3.63) is 0 Å². The van der Waals surface area contributed by atoms with Crippen LogP contribution in [-0.2, 0) is 27.9 Å². The van der Waals surface area contributed by atoms with Crippen LogP contribution in [0.1, 0.15) is 219 Å². The first kappa shape index (κ1) is 51.5. The molecule has 3 atom stereocenters. The fourth-order valence-corrected chi connectivity index (χ4v) is 7.21. The number of aliphatic hydroxyl groups is 2. The van der Waals surface area contributed by atoms with Gasteiger partial charge < -0.3 is 24.6 Å². The Morgan fingerprint density at radius 3 is 1.25 bits per heavy atom. The van der Waals surface area contributed by atoms with E-state index in [9.17, 15) is 19.4 Å². The molecule has 0 radical (unpaired) electrons. The van der Waals surface area contributed by atoms with Crippen molar-refractivity contribution in [3.63, 3.8) is 0 Å². The van der Waals surface area contributed by atoms with Gasteiger partial charge in [0.05, 0.1) is 26.4 Å². The van der Waals surface area contributed by atoms with Crippen molar-refractivity contribution in [1.82, 2.24) is 0 Å². The molecular weight excluding hydrogens is 679 g/mol. The van der Waals surface area contributed by atoms with Crippen LogP contribution in [-0.4, -0.2) is 66.3 Å². The molecule has 0 amide bonds. The molecule has 0 aromatic rings. The minimum Gasteiger partial charge on any atom is -0.457 e. The molecule has 0 saturated carbocycles. The van der Waals surface area contributed by atoms with Crippen LogP contribution in [0.25, 0.3) is 0 Å². The summed E-state index contributed by atoms with van der Waals surface area (Å²) in [6, 6.07) is 0. The van der Waals surface area contributed by atoms with Crippen LogP contribution in [0, 0.1) is 0 Å². The van der Waals surface area contributed by atoms with E-state index in [1.807, 2.05) is 0 Å². The van der Waals surface area contributed by atoms with Crippen LogP contribution in [0.15, 0.2) is 0 Å². The molecule has 0 saturated heterocycles. The summed E-state index contributed by atoms with van der Waals surface area (Å²) < 4.78 is 33.2. The second-order valence-corrected chi connectivity index (χ2v) is 16.5. The van der Waals surface area contributed by atoms with Crippen LogP contribution < -0.4 is 0 Å². The zero-order chi connectivity index (χ0) is 38.2. The van der Waals surface area contributed by atoms with Crippen LogP contribution >= 0.6 is 7.82 Å². The van der Waals surface area contributed by atoms with Gasteiger partial charge in [-0.1, -0.05) is 200 Å². The van der Waals surface area contributed by atoms with Crippen LogP contribution in [0.4, 0.5) is 0 Å². The summed E-state index contributed by atoms with van der Waals surface area (Å²) in [4.78, 5) is 22.5. The third-order valence-electron chi connectivity index (χ3n) is 9.79. The summed E-state index contributed by atoms with van der Waals surface area (Å²) >= 11 is 0. The van der Waals surface area contributed by atoms with E-state index >= 15 is 0 Å². The average molecular weight is 765 g/mol.